The van der Waals surface area contributed by atoms with Crippen LogP contribution in [0.15, 0.2) is 0 Å². The lowest BCUT2D eigenvalue weighted by molar-refractivity contribution is 0.0787. The molecule has 3 atom stereocenters. The SMILES string of the molecule is CC(C)N1C(=O)N(CC2CCCO2)CC12CC1CCC(C2)N1. The van der Waals surface area contributed by atoms with Crippen LogP contribution in [0, 0.1) is 0 Å². The summed E-state index contributed by atoms with van der Waals surface area (Å²) in [6.07, 6.45) is 7.29. The smallest absolute Gasteiger partial charge is 0.320 e. The summed E-state index contributed by atoms with van der Waals surface area (Å²) < 4.78 is 5.76. The third-order valence-electron chi connectivity index (χ3n) is 6.02. The Labute approximate surface area is 133 Å². The van der Waals surface area contributed by atoms with Crippen molar-refractivity contribution in [2.24, 2.45) is 0 Å². The van der Waals surface area contributed by atoms with Crippen LogP contribution in [0.25, 0.3) is 0 Å². The van der Waals surface area contributed by atoms with E-state index in [9.17, 15) is 4.79 Å². The molecule has 4 fully saturated rings. The predicted octanol–water partition coefficient (Wildman–Crippen LogP) is 1.96. The molecule has 2 bridgehead atoms. The van der Waals surface area contributed by atoms with Gasteiger partial charge in [0.2, 0.25) is 0 Å². The number of urea groups is 1. The number of carbonyl (C=O) groups excluding carboxylic acids is 1. The number of fused-ring (bicyclic) bond motifs is 2. The van der Waals surface area contributed by atoms with E-state index in [0.29, 0.717) is 12.1 Å². The molecule has 4 aliphatic rings. The Bertz CT molecular complexity index is 435. The molecule has 1 N–H and O–H groups in total. The molecule has 0 aromatic heterocycles. The maximum atomic E-state index is 13.0. The highest BCUT2D eigenvalue weighted by atomic mass is 16.5. The van der Waals surface area contributed by atoms with E-state index in [-0.39, 0.29) is 23.7 Å². The van der Waals surface area contributed by atoms with Crippen molar-refractivity contribution in [3.05, 3.63) is 0 Å². The first-order chi connectivity index (χ1) is 10.6. The van der Waals surface area contributed by atoms with Gasteiger partial charge in [-0.3, -0.25) is 0 Å². The Balaban J connectivity index is 1.56. The third-order valence-corrected chi connectivity index (χ3v) is 6.02. The fourth-order valence-electron chi connectivity index (χ4n) is 5.35. The first kappa shape index (κ1) is 14.8. The second kappa shape index (κ2) is 5.38. The van der Waals surface area contributed by atoms with E-state index in [4.69, 9.17) is 4.74 Å². The highest BCUT2D eigenvalue weighted by molar-refractivity contribution is 5.78. The topological polar surface area (TPSA) is 44.8 Å². The van der Waals surface area contributed by atoms with Crippen LogP contribution in [0.4, 0.5) is 4.79 Å². The molecule has 4 saturated heterocycles. The van der Waals surface area contributed by atoms with Crippen LogP contribution in [-0.2, 0) is 4.74 Å². The van der Waals surface area contributed by atoms with Gasteiger partial charge in [-0.2, -0.15) is 0 Å². The first-order valence-corrected chi connectivity index (χ1v) is 9.03. The monoisotopic (exact) mass is 307 g/mol. The largest absolute Gasteiger partial charge is 0.376 e. The minimum absolute atomic E-state index is 0.0565. The summed E-state index contributed by atoms with van der Waals surface area (Å²) >= 11 is 0. The van der Waals surface area contributed by atoms with Crippen molar-refractivity contribution >= 4 is 6.03 Å². The molecular formula is C17H29N3O2. The third kappa shape index (κ3) is 2.33. The summed E-state index contributed by atoms with van der Waals surface area (Å²) in [6.45, 7) is 6.88. The minimum Gasteiger partial charge on any atom is -0.376 e. The average Bonchev–Trinajstić information content (AvgIpc) is 3.12. The summed E-state index contributed by atoms with van der Waals surface area (Å²) in [5.41, 5.74) is 0.0565. The molecule has 1 spiro atoms. The number of rotatable bonds is 3. The lowest BCUT2D eigenvalue weighted by Crippen LogP contribution is -2.59. The average molecular weight is 307 g/mol. The molecule has 4 aliphatic heterocycles. The standard InChI is InChI=1S/C17H29N3O2/c1-12(2)20-16(21)19(10-15-4-3-7-22-15)11-17(20)8-13-5-6-14(9-17)18-13/h12-15,18H,3-11H2,1-2H3. The van der Waals surface area contributed by atoms with Crippen LogP contribution in [-0.4, -0.2) is 65.3 Å². The zero-order chi connectivity index (χ0) is 15.3. The minimum atomic E-state index is 0.0565. The van der Waals surface area contributed by atoms with E-state index in [1.165, 1.54) is 12.8 Å². The van der Waals surface area contributed by atoms with Gasteiger partial charge >= 0.3 is 6.03 Å². The van der Waals surface area contributed by atoms with Gasteiger partial charge in [-0.05, 0) is 52.4 Å². The van der Waals surface area contributed by atoms with Gasteiger partial charge < -0.3 is 19.9 Å². The Morgan fingerprint density at radius 2 is 2.00 bits per heavy atom. The lowest BCUT2D eigenvalue weighted by atomic mass is 9.82. The molecule has 2 amide bonds. The van der Waals surface area contributed by atoms with Crippen molar-refractivity contribution in [2.45, 2.75) is 82.1 Å². The molecule has 0 radical (unpaired) electrons. The van der Waals surface area contributed by atoms with E-state index < -0.39 is 0 Å². The number of amides is 2. The van der Waals surface area contributed by atoms with Gasteiger partial charge in [0.05, 0.1) is 11.6 Å². The van der Waals surface area contributed by atoms with Crippen molar-refractivity contribution in [1.82, 2.24) is 15.1 Å². The Kier molecular flexibility index (Phi) is 3.61. The van der Waals surface area contributed by atoms with Gasteiger partial charge in [-0.15, -0.1) is 0 Å². The normalized spacial score (nSPS) is 41.4. The summed E-state index contributed by atoms with van der Waals surface area (Å²) in [4.78, 5) is 17.3. The molecule has 0 saturated carbocycles. The van der Waals surface area contributed by atoms with E-state index >= 15 is 0 Å². The van der Waals surface area contributed by atoms with E-state index in [1.807, 2.05) is 0 Å². The molecule has 0 aliphatic carbocycles. The van der Waals surface area contributed by atoms with Gasteiger partial charge in [0.1, 0.15) is 0 Å². The van der Waals surface area contributed by atoms with E-state index in [0.717, 1.165) is 45.4 Å². The van der Waals surface area contributed by atoms with E-state index in [1.54, 1.807) is 0 Å². The second-order valence-electron chi connectivity index (χ2n) is 8.03. The van der Waals surface area contributed by atoms with Gasteiger partial charge in [0.25, 0.3) is 0 Å². The van der Waals surface area contributed by atoms with E-state index in [2.05, 4.69) is 29.0 Å². The van der Waals surface area contributed by atoms with Crippen molar-refractivity contribution in [1.29, 1.82) is 0 Å². The Morgan fingerprint density at radius 3 is 2.59 bits per heavy atom. The molecule has 5 nitrogen and oxygen atoms in total. The van der Waals surface area contributed by atoms with Gasteiger partial charge in [0, 0.05) is 37.8 Å². The quantitative estimate of drug-likeness (QED) is 0.867. The number of ether oxygens (including phenoxy) is 1. The molecule has 5 heteroatoms. The van der Waals surface area contributed by atoms with Gasteiger partial charge in [-0.1, -0.05) is 0 Å². The lowest BCUT2D eigenvalue weighted by Gasteiger charge is -2.45. The second-order valence-corrected chi connectivity index (χ2v) is 8.03. The fraction of sp³-hybridized carbons (Fsp3) is 0.941. The molecule has 4 rings (SSSR count). The maximum absolute atomic E-state index is 13.0. The molecule has 4 heterocycles. The molecule has 22 heavy (non-hydrogen) atoms. The van der Waals surface area contributed by atoms with Crippen molar-refractivity contribution in [2.75, 3.05) is 19.7 Å². The number of nitrogens with zero attached hydrogens (tertiary/aromatic N) is 2. The van der Waals surface area contributed by atoms with Crippen molar-refractivity contribution in [3.8, 4) is 0 Å². The van der Waals surface area contributed by atoms with Crippen LogP contribution in [0.5, 0.6) is 0 Å². The highest BCUT2D eigenvalue weighted by Crippen LogP contribution is 2.43. The van der Waals surface area contributed by atoms with Crippen LogP contribution < -0.4 is 5.32 Å². The molecule has 0 aromatic rings. The molecule has 124 valence electrons. The summed E-state index contributed by atoms with van der Waals surface area (Å²) in [5, 5.41) is 3.72. The molecule has 3 unspecified atom stereocenters. The zero-order valence-electron chi connectivity index (χ0n) is 13.9. The number of hydrogen-bond acceptors (Lipinski definition) is 3. The Morgan fingerprint density at radius 1 is 1.27 bits per heavy atom. The first-order valence-electron chi connectivity index (χ1n) is 9.03. The van der Waals surface area contributed by atoms with Gasteiger partial charge in [0.15, 0.2) is 0 Å². The molecular weight excluding hydrogens is 278 g/mol. The number of nitrogens with one attached hydrogen (secondary N) is 1. The summed E-state index contributed by atoms with van der Waals surface area (Å²) in [6, 6.07) is 1.73. The Hall–Kier alpha value is -0.810. The summed E-state index contributed by atoms with van der Waals surface area (Å²) in [5.74, 6) is 0. The predicted molar refractivity (Wildman–Crippen MR) is 84.8 cm³/mol. The van der Waals surface area contributed by atoms with Gasteiger partial charge in [-0.25, -0.2) is 4.79 Å². The van der Waals surface area contributed by atoms with Crippen LogP contribution in [0.2, 0.25) is 0 Å². The molecule has 0 aromatic carbocycles. The zero-order valence-corrected chi connectivity index (χ0v) is 13.9. The number of piperidine rings is 1. The number of hydrogen-bond donors (Lipinski definition) is 1. The van der Waals surface area contributed by atoms with Crippen LogP contribution >= 0.6 is 0 Å². The van der Waals surface area contributed by atoms with Crippen molar-refractivity contribution < 1.29 is 9.53 Å². The van der Waals surface area contributed by atoms with Crippen molar-refractivity contribution in [3.63, 3.8) is 0 Å². The maximum Gasteiger partial charge on any atom is 0.320 e. The van der Waals surface area contributed by atoms with Crippen LogP contribution in [0.3, 0.4) is 0 Å². The number of carbonyl (C=O) groups is 1. The summed E-state index contributed by atoms with van der Waals surface area (Å²) in [7, 11) is 0. The van der Waals surface area contributed by atoms with Crippen LogP contribution in [0.1, 0.15) is 52.4 Å². The highest BCUT2D eigenvalue weighted by Gasteiger charge is 2.55. The fourth-order valence-corrected chi connectivity index (χ4v) is 5.35.